The van der Waals surface area contributed by atoms with Crippen molar-refractivity contribution in [2.24, 2.45) is 15.2 Å². The minimum absolute atomic E-state index is 0.00241. The number of thioether (sulfide) groups is 1. The standard InChI is InChI=1S/C17H17N3S/c1-12-17(20-19-14-8-4-3-5-9-14)13(2)21-16-11-7-6-10-15(16)18-12/h3-11,13,17H,1-2H3. The third-order valence-electron chi connectivity index (χ3n) is 3.40. The summed E-state index contributed by atoms with van der Waals surface area (Å²) >= 11 is 1.81. The molecule has 2 atom stereocenters. The minimum atomic E-state index is 0.00241. The molecule has 0 amide bonds. The van der Waals surface area contributed by atoms with Gasteiger partial charge in [0.1, 0.15) is 6.04 Å². The molecule has 0 bridgehead atoms. The van der Waals surface area contributed by atoms with Crippen molar-refractivity contribution in [3.05, 3.63) is 54.6 Å². The van der Waals surface area contributed by atoms with Crippen LogP contribution in [-0.4, -0.2) is 17.0 Å². The van der Waals surface area contributed by atoms with Crippen molar-refractivity contribution in [3.63, 3.8) is 0 Å². The van der Waals surface area contributed by atoms with Crippen LogP contribution < -0.4 is 0 Å². The van der Waals surface area contributed by atoms with Crippen LogP contribution in [0.2, 0.25) is 0 Å². The molecule has 1 aliphatic rings. The summed E-state index contributed by atoms with van der Waals surface area (Å²) in [6.07, 6.45) is 0. The fourth-order valence-corrected chi connectivity index (χ4v) is 3.48. The second-order valence-electron chi connectivity index (χ2n) is 5.04. The number of benzene rings is 2. The van der Waals surface area contributed by atoms with Gasteiger partial charge < -0.3 is 0 Å². The maximum atomic E-state index is 4.73. The van der Waals surface area contributed by atoms with Gasteiger partial charge in [0.25, 0.3) is 0 Å². The van der Waals surface area contributed by atoms with Crippen molar-refractivity contribution in [2.75, 3.05) is 0 Å². The monoisotopic (exact) mass is 295 g/mol. The van der Waals surface area contributed by atoms with Gasteiger partial charge in [-0.1, -0.05) is 37.3 Å². The van der Waals surface area contributed by atoms with Crippen molar-refractivity contribution >= 4 is 28.8 Å². The molecule has 0 saturated carbocycles. The van der Waals surface area contributed by atoms with E-state index in [-0.39, 0.29) is 6.04 Å². The van der Waals surface area contributed by atoms with E-state index in [1.54, 1.807) is 0 Å². The van der Waals surface area contributed by atoms with E-state index in [0.717, 1.165) is 17.1 Å². The molecule has 3 rings (SSSR count). The Balaban J connectivity index is 1.89. The van der Waals surface area contributed by atoms with Crippen molar-refractivity contribution in [3.8, 4) is 0 Å². The van der Waals surface area contributed by atoms with Crippen molar-refractivity contribution < 1.29 is 0 Å². The molecule has 3 nitrogen and oxygen atoms in total. The van der Waals surface area contributed by atoms with Crippen LogP contribution in [0.15, 0.2) is 74.7 Å². The summed E-state index contributed by atoms with van der Waals surface area (Å²) in [6.45, 7) is 4.22. The molecule has 21 heavy (non-hydrogen) atoms. The van der Waals surface area contributed by atoms with Crippen molar-refractivity contribution in [1.82, 2.24) is 0 Å². The molecular formula is C17H17N3S. The van der Waals surface area contributed by atoms with Crippen molar-refractivity contribution in [2.45, 2.75) is 30.0 Å². The fourth-order valence-electron chi connectivity index (χ4n) is 2.31. The molecular weight excluding hydrogens is 278 g/mol. The number of fused-ring (bicyclic) bond motifs is 1. The fraction of sp³-hybridized carbons (Fsp3) is 0.235. The summed E-state index contributed by atoms with van der Waals surface area (Å²) in [6, 6.07) is 18.1. The lowest BCUT2D eigenvalue weighted by Crippen LogP contribution is -2.24. The Morgan fingerprint density at radius 1 is 1.00 bits per heavy atom. The number of hydrogen-bond donors (Lipinski definition) is 0. The highest BCUT2D eigenvalue weighted by Crippen LogP contribution is 2.37. The van der Waals surface area contributed by atoms with Gasteiger partial charge in [0.05, 0.1) is 11.4 Å². The van der Waals surface area contributed by atoms with Crippen LogP contribution in [-0.2, 0) is 0 Å². The second kappa shape index (κ2) is 6.22. The molecule has 4 heteroatoms. The molecule has 1 aliphatic heterocycles. The third-order valence-corrected chi connectivity index (χ3v) is 4.63. The van der Waals surface area contributed by atoms with E-state index in [4.69, 9.17) is 4.99 Å². The lowest BCUT2D eigenvalue weighted by atomic mass is 10.1. The van der Waals surface area contributed by atoms with Crippen LogP contribution in [0.4, 0.5) is 11.4 Å². The largest absolute Gasteiger partial charge is 0.255 e. The van der Waals surface area contributed by atoms with Crippen LogP contribution >= 0.6 is 11.8 Å². The zero-order valence-corrected chi connectivity index (χ0v) is 12.9. The molecule has 0 radical (unpaired) electrons. The summed E-state index contributed by atoms with van der Waals surface area (Å²) in [4.78, 5) is 5.94. The maximum absolute atomic E-state index is 4.73. The zero-order chi connectivity index (χ0) is 14.7. The van der Waals surface area contributed by atoms with E-state index in [1.165, 1.54) is 4.90 Å². The first kappa shape index (κ1) is 14.0. The van der Waals surface area contributed by atoms with Crippen molar-refractivity contribution in [1.29, 1.82) is 0 Å². The molecule has 0 fully saturated rings. The van der Waals surface area contributed by atoms with Gasteiger partial charge in [-0.05, 0) is 31.2 Å². The Morgan fingerprint density at radius 2 is 1.71 bits per heavy atom. The number of nitrogens with zero attached hydrogens (tertiary/aromatic N) is 3. The molecule has 0 aliphatic carbocycles. The van der Waals surface area contributed by atoms with E-state index in [1.807, 2.05) is 55.1 Å². The van der Waals surface area contributed by atoms with E-state index in [9.17, 15) is 0 Å². The summed E-state index contributed by atoms with van der Waals surface area (Å²) in [5, 5.41) is 9.21. The third kappa shape index (κ3) is 3.22. The number of aliphatic imine (C=N–C) groups is 1. The van der Waals surface area contributed by atoms with Gasteiger partial charge in [0, 0.05) is 15.9 Å². The Morgan fingerprint density at radius 3 is 2.52 bits per heavy atom. The van der Waals surface area contributed by atoms with Gasteiger partial charge in [0.2, 0.25) is 0 Å². The Labute approximate surface area is 129 Å². The molecule has 0 N–H and O–H groups in total. The van der Waals surface area contributed by atoms with E-state index < -0.39 is 0 Å². The highest BCUT2D eigenvalue weighted by molar-refractivity contribution is 8.00. The molecule has 106 valence electrons. The van der Waals surface area contributed by atoms with E-state index >= 15 is 0 Å². The Kier molecular flexibility index (Phi) is 4.15. The SMILES string of the molecule is CC1=Nc2ccccc2SC(C)C1N=Nc1ccccc1. The number of para-hydroxylation sites is 1. The van der Waals surface area contributed by atoms with Gasteiger partial charge in [-0.3, -0.25) is 4.99 Å². The average Bonchev–Trinajstić information content (AvgIpc) is 2.62. The lowest BCUT2D eigenvalue weighted by molar-refractivity contribution is 0.790. The summed E-state index contributed by atoms with van der Waals surface area (Å²) < 4.78 is 0. The number of hydrogen-bond acceptors (Lipinski definition) is 4. The highest BCUT2D eigenvalue weighted by Gasteiger charge is 2.25. The van der Waals surface area contributed by atoms with Crippen LogP contribution in [0.3, 0.4) is 0 Å². The average molecular weight is 295 g/mol. The molecule has 2 aromatic rings. The molecule has 0 saturated heterocycles. The number of rotatable bonds is 2. The van der Waals surface area contributed by atoms with Gasteiger partial charge in [-0.2, -0.15) is 10.2 Å². The van der Waals surface area contributed by atoms with Gasteiger partial charge in [-0.25, -0.2) is 0 Å². The Bertz CT molecular complexity index is 679. The smallest absolute Gasteiger partial charge is 0.121 e. The predicted octanol–water partition coefficient (Wildman–Crippen LogP) is 5.43. The summed E-state index contributed by atoms with van der Waals surface area (Å²) in [7, 11) is 0. The van der Waals surface area contributed by atoms with Gasteiger partial charge in [0.15, 0.2) is 0 Å². The van der Waals surface area contributed by atoms with Gasteiger partial charge in [-0.15, -0.1) is 11.8 Å². The molecule has 2 unspecified atom stereocenters. The quantitative estimate of drug-likeness (QED) is 0.681. The van der Waals surface area contributed by atoms with Crippen LogP contribution in [0.1, 0.15) is 13.8 Å². The summed E-state index contributed by atoms with van der Waals surface area (Å²) in [5.41, 5.74) is 2.92. The zero-order valence-electron chi connectivity index (χ0n) is 12.1. The first-order valence-electron chi connectivity index (χ1n) is 7.01. The second-order valence-corrected chi connectivity index (χ2v) is 6.46. The number of azo groups is 1. The van der Waals surface area contributed by atoms with E-state index in [2.05, 4.69) is 35.4 Å². The topological polar surface area (TPSA) is 37.1 Å². The molecule has 0 spiro atoms. The molecule has 2 aromatic carbocycles. The van der Waals surface area contributed by atoms with Crippen LogP contribution in [0.5, 0.6) is 0 Å². The minimum Gasteiger partial charge on any atom is -0.255 e. The summed E-state index contributed by atoms with van der Waals surface area (Å²) in [5.74, 6) is 0. The molecule has 0 aromatic heterocycles. The van der Waals surface area contributed by atoms with E-state index in [0.29, 0.717) is 5.25 Å². The first-order valence-corrected chi connectivity index (χ1v) is 7.89. The first-order chi connectivity index (χ1) is 10.2. The Hall–Kier alpha value is -1.94. The highest BCUT2D eigenvalue weighted by atomic mass is 32.2. The lowest BCUT2D eigenvalue weighted by Gasteiger charge is -2.15. The van der Waals surface area contributed by atoms with Crippen LogP contribution in [0, 0.1) is 0 Å². The predicted molar refractivity (Wildman–Crippen MR) is 89.3 cm³/mol. The molecule has 1 heterocycles. The van der Waals surface area contributed by atoms with Crippen LogP contribution in [0.25, 0.3) is 0 Å². The maximum Gasteiger partial charge on any atom is 0.121 e. The normalized spacial score (nSPS) is 21.7. The van der Waals surface area contributed by atoms with Gasteiger partial charge >= 0.3 is 0 Å².